The summed E-state index contributed by atoms with van der Waals surface area (Å²) in [7, 11) is 0. The van der Waals surface area contributed by atoms with Crippen LogP contribution in [0.2, 0.25) is 0 Å². The van der Waals surface area contributed by atoms with Crippen molar-refractivity contribution in [1.82, 2.24) is 9.88 Å². The predicted octanol–water partition coefficient (Wildman–Crippen LogP) is 4.71. The molecular weight excluding hydrogens is 346 g/mol. The summed E-state index contributed by atoms with van der Waals surface area (Å²) in [6.45, 7) is 3.82. The fourth-order valence-electron chi connectivity index (χ4n) is 5.46. The molecule has 28 heavy (non-hydrogen) atoms. The highest BCUT2D eigenvalue weighted by molar-refractivity contribution is 6.06. The van der Waals surface area contributed by atoms with E-state index in [1.54, 1.807) is 0 Å². The Morgan fingerprint density at radius 1 is 1.11 bits per heavy atom. The molecule has 1 aliphatic heterocycles. The number of para-hydroxylation sites is 1. The molecule has 0 atom stereocenters. The van der Waals surface area contributed by atoms with Crippen LogP contribution < -0.4 is 4.90 Å². The largest absolute Gasteiger partial charge is 0.367 e. The third-order valence-electron chi connectivity index (χ3n) is 7.46. The molecule has 0 unspecified atom stereocenters. The number of likely N-dealkylation sites (tertiary alicyclic amines) is 1. The first-order chi connectivity index (χ1) is 13.7. The van der Waals surface area contributed by atoms with E-state index < -0.39 is 0 Å². The van der Waals surface area contributed by atoms with Crippen molar-refractivity contribution in [3.63, 3.8) is 0 Å². The minimum atomic E-state index is 0.120. The zero-order valence-corrected chi connectivity index (χ0v) is 16.6. The van der Waals surface area contributed by atoms with Crippen molar-refractivity contribution in [2.24, 2.45) is 11.3 Å². The van der Waals surface area contributed by atoms with E-state index in [4.69, 9.17) is 0 Å². The Bertz CT molecular complexity index is 781. The molecule has 1 aromatic heterocycles. The molecule has 1 aromatic carbocycles. The van der Waals surface area contributed by atoms with E-state index in [9.17, 15) is 4.79 Å². The van der Waals surface area contributed by atoms with Crippen molar-refractivity contribution in [2.45, 2.75) is 51.0 Å². The number of amides is 1. The molecule has 4 nitrogen and oxygen atoms in total. The summed E-state index contributed by atoms with van der Waals surface area (Å²) >= 11 is 0. The number of nitrogens with zero attached hydrogens (tertiary/aromatic N) is 2. The van der Waals surface area contributed by atoms with Crippen LogP contribution in [-0.4, -0.2) is 41.5 Å². The molecule has 5 rings (SSSR count). The molecule has 2 heterocycles. The summed E-state index contributed by atoms with van der Waals surface area (Å²) in [5.74, 6) is 1.09. The highest BCUT2D eigenvalue weighted by atomic mass is 16.2. The molecule has 2 aromatic rings. The quantitative estimate of drug-likeness (QED) is 0.820. The van der Waals surface area contributed by atoms with E-state index in [0.717, 1.165) is 30.0 Å². The summed E-state index contributed by atoms with van der Waals surface area (Å²) in [6, 6.07) is 12.4. The number of piperidine rings is 1. The number of carbonyl (C=O) groups excluding carboxylic acids is 1. The lowest BCUT2D eigenvalue weighted by atomic mass is 9.59. The Kier molecular flexibility index (Phi) is 4.75. The average molecular weight is 378 g/mol. The fourth-order valence-corrected chi connectivity index (χ4v) is 5.46. The molecule has 4 heteroatoms. The lowest BCUT2D eigenvalue weighted by Crippen LogP contribution is -2.57. The lowest BCUT2D eigenvalue weighted by molar-refractivity contribution is 0.00676. The van der Waals surface area contributed by atoms with Crippen LogP contribution in [0.15, 0.2) is 48.8 Å². The number of H-pyrrole nitrogens is 1. The molecule has 3 fully saturated rings. The first-order valence-electron chi connectivity index (χ1n) is 11.0. The van der Waals surface area contributed by atoms with Crippen molar-refractivity contribution in [1.29, 1.82) is 0 Å². The third kappa shape index (κ3) is 3.39. The first-order valence-corrected chi connectivity index (χ1v) is 11.0. The first kappa shape index (κ1) is 18.0. The maximum absolute atomic E-state index is 13.2. The van der Waals surface area contributed by atoms with Gasteiger partial charge in [-0.1, -0.05) is 24.6 Å². The SMILES string of the molecule is O=C(c1cc[nH]c1)N(c1ccccc1)C1CC2(CCN(CC3CCC3)CC2)C1. The van der Waals surface area contributed by atoms with Gasteiger partial charge in [-0.2, -0.15) is 0 Å². The van der Waals surface area contributed by atoms with Gasteiger partial charge in [-0.05, 0) is 81.1 Å². The molecule has 148 valence electrons. The van der Waals surface area contributed by atoms with Gasteiger partial charge in [-0.15, -0.1) is 0 Å². The van der Waals surface area contributed by atoms with Gasteiger partial charge in [0.1, 0.15) is 0 Å². The molecule has 0 bridgehead atoms. The van der Waals surface area contributed by atoms with E-state index in [1.807, 2.05) is 36.7 Å². The van der Waals surface area contributed by atoms with Gasteiger partial charge in [0.25, 0.3) is 5.91 Å². The number of carbonyl (C=O) groups is 1. The summed E-state index contributed by atoms with van der Waals surface area (Å²) in [5, 5.41) is 0. The molecule has 3 aliphatic rings. The highest BCUT2D eigenvalue weighted by Gasteiger charge is 2.49. The van der Waals surface area contributed by atoms with Crippen LogP contribution in [-0.2, 0) is 0 Å². The number of hydrogen-bond donors (Lipinski definition) is 1. The van der Waals surface area contributed by atoms with Crippen molar-refractivity contribution >= 4 is 11.6 Å². The smallest absolute Gasteiger partial charge is 0.260 e. The van der Waals surface area contributed by atoms with Gasteiger partial charge in [-0.25, -0.2) is 0 Å². The van der Waals surface area contributed by atoms with Crippen LogP contribution in [0, 0.1) is 11.3 Å². The molecule has 1 spiro atoms. The number of nitrogens with one attached hydrogen (secondary N) is 1. The van der Waals surface area contributed by atoms with E-state index in [1.165, 1.54) is 51.7 Å². The predicted molar refractivity (Wildman–Crippen MR) is 113 cm³/mol. The maximum Gasteiger partial charge on any atom is 0.260 e. The summed E-state index contributed by atoms with van der Waals surface area (Å²) in [5.41, 5.74) is 2.24. The Balaban J connectivity index is 1.25. The lowest BCUT2D eigenvalue weighted by Gasteiger charge is -2.55. The number of rotatable bonds is 5. The summed E-state index contributed by atoms with van der Waals surface area (Å²) < 4.78 is 0. The average Bonchev–Trinajstić information content (AvgIpc) is 3.20. The zero-order valence-electron chi connectivity index (χ0n) is 16.6. The second kappa shape index (κ2) is 7.40. The molecule has 1 saturated heterocycles. The number of benzene rings is 1. The molecule has 2 aliphatic carbocycles. The number of hydrogen-bond acceptors (Lipinski definition) is 2. The number of aromatic amines is 1. The van der Waals surface area contributed by atoms with E-state index in [0.29, 0.717) is 11.5 Å². The number of anilines is 1. The van der Waals surface area contributed by atoms with Gasteiger partial charge < -0.3 is 14.8 Å². The molecule has 1 amide bonds. The molecule has 1 N–H and O–H groups in total. The maximum atomic E-state index is 13.2. The highest BCUT2D eigenvalue weighted by Crippen LogP contribution is 2.52. The van der Waals surface area contributed by atoms with Crippen LogP contribution in [0.5, 0.6) is 0 Å². The Morgan fingerprint density at radius 2 is 1.86 bits per heavy atom. The van der Waals surface area contributed by atoms with E-state index in [-0.39, 0.29) is 5.91 Å². The van der Waals surface area contributed by atoms with Crippen LogP contribution in [0.3, 0.4) is 0 Å². The number of aromatic nitrogens is 1. The standard InChI is InChI=1S/C24H31N3O/c28-23(20-9-12-25-17-20)27(21-7-2-1-3-8-21)22-15-24(16-22)10-13-26(14-11-24)18-19-5-4-6-19/h1-3,7-9,12,17,19,22,25H,4-6,10-11,13-16,18H2. The minimum Gasteiger partial charge on any atom is -0.367 e. The minimum absolute atomic E-state index is 0.120. The fraction of sp³-hybridized carbons (Fsp3) is 0.542. The normalized spacial score (nSPS) is 22.6. The van der Waals surface area contributed by atoms with Crippen LogP contribution in [0.25, 0.3) is 0 Å². The Hall–Kier alpha value is -2.07. The van der Waals surface area contributed by atoms with Gasteiger partial charge >= 0.3 is 0 Å². The van der Waals surface area contributed by atoms with E-state index in [2.05, 4.69) is 26.9 Å². The van der Waals surface area contributed by atoms with Gasteiger partial charge in [-0.3, -0.25) is 4.79 Å². The van der Waals surface area contributed by atoms with Crippen molar-refractivity contribution in [3.05, 3.63) is 54.4 Å². The van der Waals surface area contributed by atoms with Crippen LogP contribution >= 0.6 is 0 Å². The summed E-state index contributed by atoms with van der Waals surface area (Å²) in [4.78, 5) is 21.0. The molecule has 0 radical (unpaired) electrons. The monoisotopic (exact) mass is 377 g/mol. The topological polar surface area (TPSA) is 39.3 Å². The van der Waals surface area contributed by atoms with Gasteiger partial charge in [0, 0.05) is 30.7 Å². The molecule has 2 saturated carbocycles. The second-order valence-electron chi connectivity index (χ2n) is 9.27. The van der Waals surface area contributed by atoms with Crippen molar-refractivity contribution in [2.75, 3.05) is 24.5 Å². The second-order valence-corrected chi connectivity index (χ2v) is 9.27. The van der Waals surface area contributed by atoms with Gasteiger partial charge in [0.2, 0.25) is 0 Å². The van der Waals surface area contributed by atoms with E-state index >= 15 is 0 Å². The summed E-state index contributed by atoms with van der Waals surface area (Å²) in [6.07, 6.45) is 12.9. The Labute approximate surface area is 167 Å². The van der Waals surface area contributed by atoms with Gasteiger partial charge in [0.15, 0.2) is 0 Å². The van der Waals surface area contributed by atoms with Crippen LogP contribution in [0.4, 0.5) is 5.69 Å². The molecular formula is C24H31N3O. The van der Waals surface area contributed by atoms with Gasteiger partial charge in [0.05, 0.1) is 5.56 Å². The van der Waals surface area contributed by atoms with Crippen molar-refractivity contribution in [3.8, 4) is 0 Å². The Morgan fingerprint density at radius 3 is 2.46 bits per heavy atom. The zero-order chi connectivity index (χ0) is 19.0. The van der Waals surface area contributed by atoms with Crippen molar-refractivity contribution < 1.29 is 4.79 Å². The van der Waals surface area contributed by atoms with Crippen LogP contribution in [0.1, 0.15) is 55.3 Å². The third-order valence-corrected chi connectivity index (χ3v) is 7.46.